The molecule has 7 heteroatoms. The fourth-order valence-corrected chi connectivity index (χ4v) is 4.90. The van der Waals surface area contributed by atoms with Crippen LogP contribution in [0.4, 0.5) is 16.2 Å². The third-order valence-electron chi connectivity index (χ3n) is 6.84. The molecule has 7 nitrogen and oxygen atoms in total. The maximum atomic E-state index is 12.8. The number of aromatic nitrogens is 1. The zero-order valence-electron chi connectivity index (χ0n) is 20.4. The molecule has 0 atom stereocenters. The summed E-state index contributed by atoms with van der Waals surface area (Å²) >= 11 is 0. The SMILES string of the molecule is O=C(Nc1ccc(C(=O)C=Cc2cc(N3CCOCC3)c3ccccc3n2)cc1)NC1CCCCC1. The Bertz CT molecular complexity index is 1240. The van der Waals surface area contributed by atoms with Crippen LogP contribution in [0.25, 0.3) is 17.0 Å². The highest BCUT2D eigenvalue weighted by Gasteiger charge is 2.17. The van der Waals surface area contributed by atoms with Gasteiger partial charge < -0.3 is 20.3 Å². The van der Waals surface area contributed by atoms with Crippen molar-refractivity contribution in [1.29, 1.82) is 0 Å². The third-order valence-corrected chi connectivity index (χ3v) is 6.84. The van der Waals surface area contributed by atoms with Crippen LogP contribution >= 0.6 is 0 Å². The van der Waals surface area contributed by atoms with Crippen LogP contribution in [-0.2, 0) is 4.74 Å². The van der Waals surface area contributed by atoms with E-state index < -0.39 is 0 Å². The Morgan fingerprint density at radius 1 is 0.972 bits per heavy atom. The number of rotatable bonds is 6. The van der Waals surface area contributed by atoms with Crippen LogP contribution in [0, 0.1) is 0 Å². The van der Waals surface area contributed by atoms with Gasteiger partial charge in [-0.2, -0.15) is 0 Å². The molecule has 2 N–H and O–H groups in total. The number of nitrogens with one attached hydrogen (secondary N) is 2. The maximum absolute atomic E-state index is 12.8. The molecular formula is C29H32N4O3. The molecule has 1 saturated heterocycles. The van der Waals surface area contributed by atoms with E-state index in [1.807, 2.05) is 24.3 Å². The number of para-hydroxylation sites is 1. The van der Waals surface area contributed by atoms with Crippen molar-refractivity contribution in [3.8, 4) is 0 Å². The predicted molar refractivity (Wildman–Crippen MR) is 144 cm³/mol. The van der Waals surface area contributed by atoms with Gasteiger partial charge in [-0.05, 0) is 61.4 Å². The molecule has 1 aliphatic carbocycles. The molecule has 1 aliphatic heterocycles. The quantitative estimate of drug-likeness (QED) is 0.360. The van der Waals surface area contributed by atoms with Crippen LogP contribution in [-0.4, -0.2) is 49.1 Å². The molecule has 2 heterocycles. The lowest BCUT2D eigenvalue weighted by molar-refractivity contribution is 0.104. The number of nitrogens with zero attached hydrogens (tertiary/aromatic N) is 2. The number of benzene rings is 2. The van der Waals surface area contributed by atoms with E-state index in [4.69, 9.17) is 9.72 Å². The number of morpholine rings is 1. The Labute approximate surface area is 211 Å². The molecule has 3 aromatic rings. The van der Waals surface area contributed by atoms with Crippen LogP contribution in [0.2, 0.25) is 0 Å². The first kappa shape index (κ1) is 24.0. The number of pyridine rings is 1. The molecule has 1 saturated carbocycles. The van der Waals surface area contributed by atoms with Gasteiger partial charge in [0.05, 0.1) is 24.4 Å². The summed E-state index contributed by atoms with van der Waals surface area (Å²) in [7, 11) is 0. The zero-order chi connectivity index (χ0) is 24.7. The summed E-state index contributed by atoms with van der Waals surface area (Å²) in [4.78, 5) is 32.1. The van der Waals surface area contributed by atoms with Gasteiger partial charge in [-0.15, -0.1) is 0 Å². The number of amides is 2. The van der Waals surface area contributed by atoms with Crippen LogP contribution in [0.15, 0.2) is 60.7 Å². The number of allylic oxidation sites excluding steroid dienone is 1. The lowest BCUT2D eigenvalue weighted by Crippen LogP contribution is -2.39. The van der Waals surface area contributed by atoms with E-state index in [0.29, 0.717) is 24.5 Å². The number of ketones is 1. The highest BCUT2D eigenvalue weighted by Crippen LogP contribution is 2.28. The van der Waals surface area contributed by atoms with Gasteiger partial charge in [0.25, 0.3) is 0 Å². The largest absolute Gasteiger partial charge is 0.378 e. The molecule has 5 rings (SSSR count). The first-order valence-corrected chi connectivity index (χ1v) is 12.8. The second kappa shape index (κ2) is 11.4. The van der Waals surface area contributed by atoms with Gasteiger partial charge in [-0.1, -0.05) is 37.5 Å². The summed E-state index contributed by atoms with van der Waals surface area (Å²) < 4.78 is 5.51. The Morgan fingerprint density at radius 3 is 2.50 bits per heavy atom. The van der Waals surface area contributed by atoms with Gasteiger partial charge in [0, 0.05) is 41.5 Å². The fraction of sp³-hybridized carbons (Fsp3) is 0.345. The summed E-state index contributed by atoms with van der Waals surface area (Å²) in [5, 5.41) is 7.00. The number of fused-ring (bicyclic) bond motifs is 1. The smallest absolute Gasteiger partial charge is 0.319 e. The molecule has 36 heavy (non-hydrogen) atoms. The van der Waals surface area contributed by atoms with Crippen molar-refractivity contribution < 1.29 is 14.3 Å². The molecule has 0 spiro atoms. The normalized spacial score (nSPS) is 16.8. The average molecular weight is 485 g/mol. The monoisotopic (exact) mass is 484 g/mol. The van der Waals surface area contributed by atoms with Crippen molar-refractivity contribution in [2.75, 3.05) is 36.5 Å². The van der Waals surface area contributed by atoms with E-state index in [-0.39, 0.29) is 17.9 Å². The minimum atomic E-state index is -0.195. The van der Waals surface area contributed by atoms with Crippen molar-refractivity contribution in [3.63, 3.8) is 0 Å². The molecular weight excluding hydrogens is 452 g/mol. The summed E-state index contributed by atoms with van der Waals surface area (Å²) in [5.41, 5.74) is 3.96. The highest BCUT2D eigenvalue weighted by molar-refractivity contribution is 6.07. The molecule has 2 aliphatic rings. The molecule has 2 fully saturated rings. The fourth-order valence-electron chi connectivity index (χ4n) is 4.90. The molecule has 2 aromatic carbocycles. The van der Waals surface area contributed by atoms with Gasteiger partial charge in [-0.25, -0.2) is 9.78 Å². The molecule has 0 unspecified atom stereocenters. The van der Waals surface area contributed by atoms with Gasteiger partial charge in [0.1, 0.15) is 0 Å². The molecule has 0 radical (unpaired) electrons. The van der Waals surface area contributed by atoms with Crippen molar-refractivity contribution in [3.05, 3.63) is 71.9 Å². The van der Waals surface area contributed by atoms with Crippen molar-refractivity contribution in [2.45, 2.75) is 38.1 Å². The summed E-state index contributed by atoms with van der Waals surface area (Å²) in [6.07, 6.45) is 8.97. The number of hydrogen-bond acceptors (Lipinski definition) is 5. The number of urea groups is 1. The highest BCUT2D eigenvalue weighted by atomic mass is 16.5. The first-order chi connectivity index (χ1) is 17.7. The molecule has 0 bridgehead atoms. The topological polar surface area (TPSA) is 83.6 Å². The number of carbonyl (C=O) groups is 2. The van der Waals surface area contributed by atoms with Crippen molar-refractivity contribution >= 4 is 40.2 Å². The summed E-state index contributed by atoms with van der Waals surface area (Å²) in [5.74, 6) is -0.115. The first-order valence-electron chi connectivity index (χ1n) is 12.8. The molecule has 186 valence electrons. The summed E-state index contributed by atoms with van der Waals surface area (Å²) in [6.45, 7) is 3.06. The molecule has 2 amide bonds. The van der Waals surface area contributed by atoms with Crippen LogP contribution in [0.1, 0.15) is 48.2 Å². The Morgan fingerprint density at radius 2 is 1.72 bits per heavy atom. The van der Waals surface area contributed by atoms with E-state index >= 15 is 0 Å². The Kier molecular flexibility index (Phi) is 7.57. The number of carbonyl (C=O) groups excluding carboxylic acids is 2. The number of hydrogen-bond donors (Lipinski definition) is 2. The third kappa shape index (κ3) is 5.91. The molecule has 1 aromatic heterocycles. The second-order valence-electron chi connectivity index (χ2n) is 9.39. The van der Waals surface area contributed by atoms with E-state index in [1.165, 1.54) is 19.3 Å². The maximum Gasteiger partial charge on any atom is 0.319 e. The predicted octanol–water partition coefficient (Wildman–Crippen LogP) is 5.42. The lowest BCUT2D eigenvalue weighted by atomic mass is 9.96. The van der Waals surface area contributed by atoms with Crippen molar-refractivity contribution in [1.82, 2.24) is 10.3 Å². The van der Waals surface area contributed by atoms with Crippen molar-refractivity contribution in [2.24, 2.45) is 0 Å². The zero-order valence-corrected chi connectivity index (χ0v) is 20.4. The van der Waals surface area contributed by atoms with Crippen LogP contribution in [0.3, 0.4) is 0 Å². The Hall–Kier alpha value is -3.71. The van der Waals surface area contributed by atoms with Gasteiger partial charge in [-0.3, -0.25) is 4.79 Å². The van der Waals surface area contributed by atoms with Crippen LogP contribution in [0.5, 0.6) is 0 Å². The lowest BCUT2D eigenvalue weighted by Gasteiger charge is -2.30. The second-order valence-corrected chi connectivity index (χ2v) is 9.39. The van der Waals surface area contributed by atoms with E-state index in [0.717, 1.165) is 48.2 Å². The van der Waals surface area contributed by atoms with Crippen LogP contribution < -0.4 is 15.5 Å². The standard InChI is InChI=1S/C29H32N4O3/c34-28(21-10-12-23(13-11-21)32-29(35)31-22-6-2-1-3-7-22)15-14-24-20-27(33-16-18-36-19-17-33)25-8-4-5-9-26(25)30-24/h4-5,8-15,20,22H,1-3,6-7,16-19H2,(H2,31,32,35). The van der Waals surface area contributed by atoms with E-state index in [1.54, 1.807) is 36.4 Å². The Balaban J connectivity index is 1.25. The average Bonchev–Trinajstić information content (AvgIpc) is 2.92. The minimum absolute atomic E-state index is 0.115. The van der Waals surface area contributed by atoms with E-state index in [9.17, 15) is 9.59 Å². The minimum Gasteiger partial charge on any atom is -0.378 e. The van der Waals surface area contributed by atoms with Gasteiger partial charge in [0.2, 0.25) is 0 Å². The van der Waals surface area contributed by atoms with Gasteiger partial charge in [0.15, 0.2) is 5.78 Å². The van der Waals surface area contributed by atoms with Gasteiger partial charge >= 0.3 is 6.03 Å². The number of anilines is 2. The summed E-state index contributed by atoms with van der Waals surface area (Å²) in [6, 6.07) is 17.1. The van der Waals surface area contributed by atoms with E-state index in [2.05, 4.69) is 21.6 Å². The number of ether oxygens (including phenoxy) is 1.